The van der Waals surface area contributed by atoms with Gasteiger partial charge < -0.3 is 28.4 Å². The zero-order chi connectivity index (χ0) is 40.3. The van der Waals surface area contributed by atoms with Crippen LogP contribution < -0.4 is 14.2 Å². The normalized spacial score (nSPS) is 11.7. The summed E-state index contributed by atoms with van der Waals surface area (Å²) in [5, 5.41) is 0. The summed E-state index contributed by atoms with van der Waals surface area (Å²) in [6, 6.07) is 37.4. The SMILES string of the molecule is C=C/C=C(\C=C/C)C(OCc1ccc2c(c1)OCc1cc(COCc3cccc(C)c3)ccc1-2)(c1ccc(OC)cc1)c1ccc(OC)cc1.CC.COC=O. The number of methoxy groups -OCH3 is 3. The van der Waals surface area contributed by atoms with Crippen molar-refractivity contribution < 1.29 is 33.2 Å². The highest BCUT2D eigenvalue weighted by molar-refractivity contribution is 5.75. The van der Waals surface area contributed by atoms with Gasteiger partial charge in [-0.1, -0.05) is 123 Å². The lowest BCUT2D eigenvalue weighted by molar-refractivity contribution is -0.126. The highest BCUT2D eigenvalue weighted by Gasteiger charge is 2.39. The van der Waals surface area contributed by atoms with Crippen molar-refractivity contribution in [2.24, 2.45) is 0 Å². The van der Waals surface area contributed by atoms with E-state index in [1.165, 1.54) is 23.8 Å². The summed E-state index contributed by atoms with van der Waals surface area (Å²) >= 11 is 0. The van der Waals surface area contributed by atoms with Gasteiger partial charge in [0.1, 0.15) is 29.5 Å². The van der Waals surface area contributed by atoms with Gasteiger partial charge in [-0.3, -0.25) is 4.79 Å². The second-order valence-corrected chi connectivity index (χ2v) is 12.7. The summed E-state index contributed by atoms with van der Waals surface area (Å²) in [5.41, 5.74) is 9.82. The Morgan fingerprint density at radius 3 is 1.86 bits per heavy atom. The molecule has 7 heteroatoms. The van der Waals surface area contributed by atoms with Crippen molar-refractivity contribution >= 4 is 6.47 Å². The topological polar surface area (TPSA) is 72.5 Å². The van der Waals surface area contributed by atoms with Gasteiger partial charge in [0.25, 0.3) is 6.47 Å². The third-order valence-corrected chi connectivity index (χ3v) is 9.10. The molecule has 7 nitrogen and oxygen atoms in total. The summed E-state index contributed by atoms with van der Waals surface area (Å²) in [5.74, 6) is 2.38. The molecule has 1 aliphatic rings. The molecule has 5 aromatic rings. The van der Waals surface area contributed by atoms with E-state index < -0.39 is 5.60 Å². The lowest BCUT2D eigenvalue weighted by Crippen LogP contribution is -2.33. The molecule has 0 N–H and O–H groups in total. The summed E-state index contributed by atoms with van der Waals surface area (Å²) in [4.78, 5) is 8.95. The van der Waals surface area contributed by atoms with Crippen LogP contribution in [0.1, 0.15) is 59.7 Å². The zero-order valence-corrected chi connectivity index (χ0v) is 33.7. The van der Waals surface area contributed by atoms with E-state index in [9.17, 15) is 0 Å². The van der Waals surface area contributed by atoms with Gasteiger partial charge in [0.15, 0.2) is 0 Å². The van der Waals surface area contributed by atoms with Gasteiger partial charge in [-0.2, -0.15) is 0 Å². The maximum Gasteiger partial charge on any atom is 0.292 e. The molecular weight excluding hydrogens is 701 g/mol. The van der Waals surface area contributed by atoms with Crippen molar-refractivity contribution in [1.82, 2.24) is 0 Å². The standard InChI is InChI=1S/C45H44O5.C2H4O2.C2H6/c1-6-9-37(10-7-2)45(38-15-19-40(46-4)20-16-38,39-17-21-41(47-5)22-18-39)50-30-35-14-24-43-42-23-13-34(26-36(42)31-49-44(43)27-35)29-48-28-33-12-8-11-32(3)25-33;1-4-2-3;1-2/h6-27H,1,28-31H2,2-5H3;2H,1H3;1-2H3/b10-7-,37-9+;;. The highest BCUT2D eigenvalue weighted by atomic mass is 16.5. The van der Waals surface area contributed by atoms with Crippen LogP contribution in [0, 0.1) is 6.92 Å². The van der Waals surface area contributed by atoms with Gasteiger partial charge in [-0.15, -0.1) is 0 Å². The average Bonchev–Trinajstić information content (AvgIpc) is 3.25. The summed E-state index contributed by atoms with van der Waals surface area (Å²) in [7, 11) is 4.65. The number of ether oxygens (including phenoxy) is 6. The molecular formula is C49H54O7. The lowest BCUT2D eigenvalue weighted by Gasteiger charge is -2.37. The van der Waals surface area contributed by atoms with Gasteiger partial charge in [-0.25, -0.2) is 0 Å². The van der Waals surface area contributed by atoms with E-state index in [2.05, 4.69) is 109 Å². The smallest absolute Gasteiger partial charge is 0.292 e. The molecule has 0 spiro atoms. The second-order valence-electron chi connectivity index (χ2n) is 12.7. The summed E-state index contributed by atoms with van der Waals surface area (Å²) in [6.07, 6.45) is 7.90. The Morgan fingerprint density at radius 2 is 1.32 bits per heavy atom. The number of hydrogen-bond donors (Lipinski definition) is 0. The van der Waals surface area contributed by atoms with E-state index >= 15 is 0 Å². The Hall–Kier alpha value is -5.89. The summed E-state index contributed by atoms with van der Waals surface area (Å²) in [6.45, 7) is 14.5. The Balaban J connectivity index is 0.00000109. The predicted octanol–water partition coefficient (Wildman–Crippen LogP) is 11.3. The van der Waals surface area contributed by atoms with Crippen molar-refractivity contribution in [3.8, 4) is 28.4 Å². The molecule has 0 fully saturated rings. The van der Waals surface area contributed by atoms with Crippen molar-refractivity contribution in [3.63, 3.8) is 0 Å². The van der Waals surface area contributed by atoms with Gasteiger partial charge in [0.05, 0.1) is 41.2 Å². The van der Waals surface area contributed by atoms with Crippen molar-refractivity contribution in [3.05, 3.63) is 185 Å². The molecule has 0 saturated carbocycles. The molecule has 0 radical (unpaired) electrons. The van der Waals surface area contributed by atoms with Gasteiger partial charge in [-0.05, 0) is 94.8 Å². The molecule has 5 aromatic carbocycles. The van der Waals surface area contributed by atoms with Gasteiger partial charge >= 0.3 is 0 Å². The Kier molecular flexibility index (Phi) is 16.7. The van der Waals surface area contributed by atoms with Crippen LogP contribution in [-0.4, -0.2) is 27.8 Å². The lowest BCUT2D eigenvalue weighted by atomic mass is 9.79. The second kappa shape index (κ2) is 21.9. The zero-order valence-electron chi connectivity index (χ0n) is 33.7. The van der Waals surface area contributed by atoms with Crippen LogP contribution in [0.4, 0.5) is 0 Å². The van der Waals surface area contributed by atoms with E-state index in [1.54, 1.807) is 20.3 Å². The minimum atomic E-state index is -0.972. The molecule has 0 atom stereocenters. The number of carbonyl (C=O) groups is 1. The molecule has 0 unspecified atom stereocenters. The first-order valence-electron chi connectivity index (χ1n) is 18.8. The van der Waals surface area contributed by atoms with Crippen molar-refractivity contribution in [2.75, 3.05) is 21.3 Å². The number of hydrogen-bond acceptors (Lipinski definition) is 7. The first-order valence-corrected chi connectivity index (χ1v) is 18.8. The quantitative estimate of drug-likeness (QED) is 0.0778. The maximum absolute atomic E-state index is 8.95. The number of carbonyl (C=O) groups excluding carboxylic acids is 1. The summed E-state index contributed by atoms with van der Waals surface area (Å²) < 4.78 is 34.4. The Bertz CT molecular complexity index is 2010. The molecule has 6 rings (SSSR count). The number of rotatable bonds is 15. The predicted molar refractivity (Wildman–Crippen MR) is 225 cm³/mol. The molecule has 0 amide bonds. The number of aryl methyl sites for hydroxylation is 1. The third kappa shape index (κ3) is 10.7. The van der Waals surface area contributed by atoms with Crippen LogP contribution in [0.5, 0.6) is 17.2 Å². The van der Waals surface area contributed by atoms with Crippen LogP contribution >= 0.6 is 0 Å². The van der Waals surface area contributed by atoms with Gasteiger partial charge in [0, 0.05) is 5.56 Å². The monoisotopic (exact) mass is 754 g/mol. The van der Waals surface area contributed by atoms with Crippen LogP contribution in [0.3, 0.4) is 0 Å². The Morgan fingerprint density at radius 1 is 0.750 bits per heavy atom. The average molecular weight is 755 g/mol. The molecule has 292 valence electrons. The largest absolute Gasteiger partial charge is 0.497 e. The van der Waals surface area contributed by atoms with E-state index in [1.807, 2.05) is 57.2 Å². The van der Waals surface area contributed by atoms with Crippen molar-refractivity contribution in [2.45, 2.75) is 59.7 Å². The van der Waals surface area contributed by atoms with Crippen molar-refractivity contribution in [1.29, 1.82) is 0 Å². The highest BCUT2D eigenvalue weighted by Crippen LogP contribution is 2.44. The fourth-order valence-electron chi connectivity index (χ4n) is 6.55. The first-order chi connectivity index (χ1) is 27.4. The van der Waals surface area contributed by atoms with Crippen LogP contribution in [0.15, 0.2) is 146 Å². The fraction of sp³-hybridized carbons (Fsp3) is 0.245. The van der Waals surface area contributed by atoms with Crippen LogP contribution in [-0.2, 0) is 51.0 Å². The minimum absolute atomic E-state index is 0.324. The van der Waals surface area contributed by atoms with E-state index in [-0.39, 0.29) is 0 Å². The van der Waals surface area contributed by atoms with Gasteiger partial charge in [0.2, 0.25) is 0 Å². The van der Waals surface area contributed by atoms with Crippen LogP contribution in [0.2, 0.25) is 0 Å². The minimum Gasteiger partial charge on any atom is -0.497 e. The molecule has 0 bridgehead atoms. The molecule has 1 heterocycles. The van der Waals surface area contributed by atoms with E-state index in [0.717, 1.165) is 56.2 Å². The molecule has 1 aliphatic heterocycles. The van der Waals surface area contributed by atoms with E-state index in [4.69, 9.17) is 28.5 Å². The van der Waals surface area contributed by atoms with E-state index in [0.29, 0.717) is 32.9 Å². The number of allylic oxidation sites excluding steroid dienone is 3. The van der Waals surface area contributed by atoms with Crippen LogP contribution in [0.25, 0.3) is 11.1 Å². The molecule has 0 aliphatic carbocycles. The number of fused-ring (bicyclic) bond motifs is 3. The Labute approximate surface area is 332 Å². The fourth-order valence-corrected chi connectivity index (χ4v) is 6.55. The molecule has 0 saturated heterocycles. The number of benzene rings is 5. The third-order valence-electron chi connectivity index (χ3n) is 9.10. The first kappa shape index (κ1) is 42.8. The maximum atomic E-state index is 8.95. The molecule has 0 aromatic heterocycles. The molecule has 56 heavy (non-hydrogen) atoms.